The van der Waals surface area contributed by atoms with E-state index in [-0.39, 0.29) is 6.54 Å². The van der Waals surface area contributed by atoms with E-state index in [4.69, 9.17) is 10.2 Å². The number of rotatable bonds is 2. The van der Waals surface area contributed by atoms with Gasteiger partial charge in [-0.05, 0) is 35.0 Å². The maximum Gasteiger partial charge on any atom is 0.247 e. The van der Waals surface area contributed by atoms with E-state index < -0.39 is 0 Å². The van der Waals surface area contributed by atoms with Gasteiger partial charge in [0.15, 0.2) is 0 Å². The van der Waals surface area contributed by atoms with E-state index in [9.17, 15) is 0 Å². The summed E-state index contributed by atoms with van der Waals surface area (Å²) >= 11 is 3.45. The van der Waals surface area contributed by atoms with Crippen LogP contribution in [0.1, 0.15) is 5.89 Å². The van der Waals surface area contributed by atoms with E-state index >= 15 is 0 Å². The molecular weight excluding hydrogens is 294 g/mol. The molecule has 0 bridgehead atoms. The summed E-state index contributed by atoms with van der Waals surface area (Å²) in [4.78, 5) is 0. The number of hydrogen-bond donors (Lipinski definition) is 1. The third-order valence-electron chi connectivity index (χ3n) is 2.69. The van der Waals surface area contributed by atoms with Gasteiger partial charge in [-0.15, -0.1) is 10.2 Å². The first-order chi connectivity index (χ1) is 8.76. The Hall–Kier alpha value is -1.72. The van der Waals surface area contributed by atoms with Gasteiger partial charge in [-0.25, -0.2) is 0 Å². The van der Waals surface area contributed by atoms with E-state index in [2.05, 4.69) is 32.2 Å². The molecule has 18 heavy (non-hydrogen) atoms. The van der Waals surface area contributed by atoms with Gasteiger partial charge in [0.1, 0.15) is 0 Å². The molecule has 0 aliphatic heterocycles. The fourth-order valence-electron chi connectivity index (χ4n) is 1.80. The number of hydrogen-bond acceptors (Lipinski definition) is 4. The molecule has 0 saturated heterocycles. The van der Waals surface area contributed by atoms with E-state index in [0.29, 0.717) is 11.8 Å². The molecule has 2 aromatic carbocycles. The normalized spacial score (nSPS) is 11.0. The van der Waals surface area contributed by atoms with Crippen LogP contribution in [0.5, 0.6) is 0 Å². The first kappa shape index (κ1) is 11.4. The minimum absolute atomic E-state index is 0.257. The van der Waals surface area contributed by atoms with Crippen molar-refractivity contribution in [3.63, 3.8) is 0 Å². The fourth-order valence-corrected chi connectivity index (χ4v) is 2.18. The standard InChI is InChI=1S/C13H10BrN3O/c14-11-4-3-8-5-10(2-1-9(8)6-11)13-17-16-12(7-15)18-13/h1-6H,7,15H2. The van der Waals surface area contributed by atoms with Crippen LogP contribution in [0.4, 0.5) is 0 Å². The van der Waals surface area contributed by atoms with E-state index in [0.717, 1.165) is 20.8 Å². The molecule has 0 saturated carbocycles. The first-order valence-corrected chi connectivity index (χ1v) is 6.28. The summed E-state index contributed by atoms with van der Waals surface area (Å²) in [5.74, 6) is 0.946. The molecule has 0 atom stereocenters. The van der Waals surface area contributed by atoms with Crippen LogP contribution in [0.25, 0.3) is 22.2 Å². The third kappa shape index (κ3) is 2.02. The molecule has 0 aliphatic rings. The SMILES string of the molecule is NCc1nnc(-c2ccc3cc(Br)ccc3c2)o1. The van der Waals surface area contributed by atoms with Gasteiger partial charge in [-0.3, -0.25) is 0 Å². The molecule has 0 spiro atoms. The quantitative estimate of drug-likeness (QED) is 0.790. The lowest BCUT2D eigenvalue weighted by Crippen LogP contribution is -1.95. The summed E-state index contributed by atoms with van der Waals surface area (Å²) < 4.78 is 6.50. The Balaban J connectivity index is 2.10. The summed E-state index contributed by atoms with van der Waals surface area (Å²) in [6.45, 7) is 0.257. The number of nitrogens with zero attached hydrogens (tertiary/aromatic N) is 2. The Labute approximate surface area is 112 Å². The molecule has 0 radical (unpaired) electrons. The van der Waals surface area contributed by atoms with Crippen molar-refractivity contribution in [1.82, 2.24) is 10.2 Å². The molecule has 1 aromatic heterocycles. The monoisotopic (exact) mass is 303 g/mol. The van der Waals surface area contributed by atoms with Gasteiger partial charge in [0.2, 0.25) is 11.8 Å². The minimum Gasteiger partial charge on any atom is -0.419 e. The van der Waals surface area contributed by atoms with E-state index in [1.54, 1.807) is 0 Å². The molecule has 3 rings (SSSR count). The van der Waals surface area contributed by atoms with Crippen molar-refractivity contribution < 1.29 is 4.42 Å². The smallest absolute Gasteiger partial charge is 0.247 e. The van der Waals surface area contributed by atoms with Gasteiger partial charge < -0.3 is 10.2 Å². The van der Waals surface area contributed by atoms with Crippen LogP contribution in [0.15, 0.2) is 45.3 Å². The molecule has 0 amide bonds. The lowest BCUT2D eigenvalue weighted by Gasteiger charge is -2.00. The Morgan fingerprint density at radius 3 is 2.61 bits per heavy atom. The Kier molecular flexibility index (Phi) is 2.85. The number of aromatic nitrogens is 2. The van der Waals surface area contributed by atoms with Crippen molar-refractivity contribution in [3.8, 4) is 11.5 Å². The zero-order chi connectivity index (χ0) is 12.5. The van der Waals surface area contributed by atoms with Crippen molar-refractivity contribution in [2.75, 3.05) is 0 Å². The predicted octanol–water partition coefficient (Wildman–Crippen LogP) is 3.11. The van der Waals surface area contributed by atoms with Crippen molar-refractivity contribution >= 4 is 26.7 Å². The van der Waals surface area contributed by atoms with Gasteiger partial charge in [0, 0.05) is 10.0 Å². The lowest BCUT2D eigenvalue weighted by molar-refractivity contribution is 0.509. The zero-order valence-corrected chi connectivity index (χ0v) is 11.0. The second-order valence-corrected chi connectivity index (χ2v) is 4.83. The summed E-state index contributed by atoms with van der Waals surface area (Å²) in [7, 11) is 0. The zero-order valence-electron chi connectivity index (χ0n) is 9.43. The van der Waals surface area contributed by atoms with Gasteiger partial charge >= 0.3 is 0 Å². The maximum atomic E-state index is 5.45. The van der Waals surface area contributed by atoms with Crippen LogP contribution in [-0.2, 0) is 6.54 Å². The van der Waals surface area contributed by atoms with Crippen LogP contribution < -0.4 is 5.73 Å². The Morgan fingerprint density at radius 2 is 1.83 bits per heavy atom. The fraction of sp³-hybridized carbons (Fsp3) is 0.0769. The van der Waals surface area contributed by atoms with Crippen molar-refractivity contribution in [2.45, 2.75) is 6.54 Å². The highest BCUT2D eigenvalue weighted by Crippen LogP contribution is 2.25. The molecule has 4 nitrogen and oxygen atoms in total. The van der Waals surface area contributed by atoms with Gasteiger partial charge in [-0.2, -0.15) is 0 Å². The summed E-state index contributed by atoms with van der Waals surface area (Å²) in [6, 6.07) is 12.1. The molecule has 5 heteroatoms. The first-order valence-electron chi connectivity index (χ1n) is 5.48. The third-order valence-corrected chi connectivity index (χ3v) is 3.18. The summed E-state index contributed by atoms with van der Waals surface area (Å²) in [5, 5.41) is 10.1. The number of fused-ring (bicyclic) bond motifs is 1. The Bertz CT molecular complexity index is 708. The highest BCUT2D eigenvalue weighted by Gasteiger charge is 2.07. The van der Waals surface area contributed by atoms with Crippen LogP contribution >= 0.6 is 15.9 Å². The predicted molar refractivity (Wildman–Crippen MR) is 72.8 cm³/mol. The molecule has 3 aromatic rings. The van der Waals surface area contributed by atoms with Crippen LogP contribution in [-0.4, -0.2) is 10.2 Å². The number of halogens is 1. The molecule has 1 heterocycles. The molecule has 0 aliphatic carbocycles. The van der Waals surface area contributed by atoms with Crippen molar-refractivity contribution in [2.24, 2.45) is 5.73 Å². The average molecular weight is 304 g/mol. The maximum absolute atomic E-state index is 5.45. The van der Waals surface area contributed by atoms with Crippen LogP contribution in [0.3, 0.4) is 0 Å². The number of nitrogens with two attached hydrogens (primary N) is 1. The molecule has 0 unspecified atom stereocenters. The molecular formula is C13H10BrN3O. The molecule has 90 valence electrons. The van der Waals surface area contributed by atoms with Gasteiger partial charge in [0.25, 0.3) is 0 Å². The highest BCUT2D eigenvalue weighted by molar-refractivity contribution is 9.10. The topological polar surface area (TPSA) is 64.9 Å². The van der Waals surface area contributed by atoms with Gasteiger partial charge in [-0.1, -0.05) is 28.1 Å². The second-order valence-electron chi connectivity index (χ2n) is 3.91. The van der Waals surface area contributed by atoms with Crippen molar-refractivity contribution in [3.05, 3.63) is 46.8 Å². The molecule has 2 N–H and O–H groups in total. The summed E-state index contributed by atoms with van der Waals surface area (Å²) in [6.07, 6.45) is 0. The van der Waals surface area contributed by atoms with Crippen LogP contribution in [0.2, 0.25) is 0 Å². The van der Waals surface area contributed by atoms with E-state index in [1.807, 2.05) is 30.3 Å². The lowest BCUT2D eigenvalue weighted by atomic mass is 10.1. The second kappa shape index (κ2) is 4.51. The number of benzene rings is 2. The highest BCUT2D eigenvalue weighted by atomic mass is 79.9. The average Bonchev–Trinajstić information content (AvgIpc) is 2.87. The minimum atomic E-state index is 0.257. The van der Waals surface area contributed by atoms with Crippen molar-refractivity contribution in [1.29, 1.82) is 0 Å². The van der Waals surface area contributed by atoms with E-state index in [1.165, 1.54) is 0 Å². The summed E-state index contributed by atoms with van der Waals surface area (Å²) in [5.41, 5.74) is 6.35. The van der Waals surface area contributed by atoms with Gasteiger partial charge in [0.05, 0.1) is 6.54 Å². The van der Waals surface area contributed by atoms with Crippen LogP contribution in [0, 0.1) is 0 Å². The Morgan fingerprint density at radius 1 is 1.06 bits per heavy atom. The molecule has 0 fully saturated rings. The largest absolute Gasteiger partial charge is 0.419 e.